The van der Waals surface area contributed by atoms with Gasteiger partial charge in [-0.15, -0.1) is 0 Å². The molecule has 0 amide bonds. The summed E-state index contributed by atoms with van der Waals surface area (Å²) in [5.74, 6) is -0.391. The topological polar surface area (TPSA) is 178 Å². The number of aliphatic hydroxyl groups excluding tert-OH is 3. The Morgan fingerprint density at radius 2 is 0.904 bits per heavy atom. The molecule has 0 aromatic rings. The summed E-state index contributed by atoms with van der Waals surface area (Å²) in [7, 11) is -5.07. The Morgan fingerprint density at radius 1 is 0.521 bits per heavy atom. The van der Waals surface area contributed by atoms with Crippen molar-refractivity contribution in [3.8, 4) is 0 Å². The van der Waals surface area contributed by atoms with Crippen molar-refractivity contribution in [2.45, 2.75) is 327 Å². The highest BCUT2D eigenvalue weighted by molar-refractivity contribution is 7.80. The minimum absolute atomic E-state index is 0.0413. The van der Waals surface area contributed by atoms with E-state index >= 15 is 0 Å². The van der Waals surface area contributed by atoms with Gasteiger partial charge in [-0.25, -0.2) is 4.18 Å². The van der Waals surface area contributed by atoms with Crippen LogP contribution >= 0.6 is 0 Å². The number of ether oxygens (including phenoxy) is 4. The van der Waals surface area contributed by atoms with Crippen molar-refractivity contribution in [3.63, 3.8) is 0 Å². The van der Waals surface area contributed by atoms with E-state index in [0.29, 0.717) is 13.0 Å². The zero-order valence-electron chi connectivity index (χ0n) is 47.0. The average molecular weight is 1060 g/mol. The Bertz CT molecular complexity index is 1360. The smallest absolute Gasteiger partial charge is 0.397 e. The van der Waals surface area contributed by atoms with E-state index in [1.807, 2.05) is 0 Å². The summed E-state index contributed by atoms with van der Waals surface area (Å²) in [5.41, 5.74) is 0. The van der Waals surface area contributed by atoms with Crippen LogP contribution < -0.4 is 0 Å². The molecule has 0 aliphatic carbocycles. The molecule has 6 unspecified atom stereocenters. The largest absolute Gasteiger partial charge is 0.457 e. The van der Waals surface area contributed by atoms with Crippen molar-refractivity contribution in [2.75, 3.05) is 26.4 Å². The third kappa shape index (κ3) is 44.3. The van der Waals surface area contributed by atoms with E-state index in [9.17, 15) is 33.1 Å². The van der Waals surface area contributed by atoms with Gasteiger partial charge in [0, 0.05) is 13.0 Å². The molecule has 12 nitrogen and oxygen atoms in total. The van der Waals surface area contributed by atoms with Crippen LogP contribution in [0.3, 0.4) is 0 Å². The maximum absolute atomic E-state index is 13.0. The van der Waals surface area contributed by atoms with Crippen molar-refractivity contribution in [3.05, 3.63) is 24.3 Å². The highest BCUT2D eigenvalue weighted by atomic mass is 32.3. The Kier molecular flexibility index (Phi) is 48.9. The van der Waals surface area contributed by atoms with Crippen LogP contribution in [0.4, 0.5) is 0 Å². The normalized spacial score (nSPS) is 18.9. The van der Waals surface area contributed by atoms with Crippen LogP contribution in [0.25, 0.3) is 0 Å². The van der Waals surface area contributed by atoms with E-state index < -0.39 is 59.8 Å². The molecule has 0 aromatic heterocycles. The fraction of sp³-hybridized carbons (Fsp3) is 0.917. The summed E-state index contributed by atoms with van der Waals surface area (Å²) in [6, 6.07) is 0. The van der Waals surface area contributed by atoms with Crippen LogP contribution in [-0.4, -0.2) is 97.5 Å². The monoisotopic (exact) mass is 1060 g/mol. The Hall–Kier alpha value is -1.42. The fourth-order valence-corrected chi connectivity index (χ4v) is 10.2. The molecule has 4 N–H and O–H groups in total. The number of aliphatic hydroxyl groups is 3. The molecule has 0 bridgehead atoms. The van der Waals surface area contributed by atoms with E-state index in [2.05, 4.69) is 42.3 Å². The first kappa shape index (κ1) is 69.6. The highest BCUT2D eigenvalue weighted by Gasteiger charge is 2.48. The molecule has 0 radical (unpaired) electrons. The van der Waals surface area contributed by atoms with Gasteiger partial charge >= 0.3 is 16.4 Å². The van der Waals surface area contributed by atoms with Crippen LogP contribution in [0.5, 0.6) is 0 Å². The SMILES string of the molecule is CCCCCCC/C=C\C/C=C\CCCCCCCCCCCCCCCCOCC(COC1OC(CO)C(O)C(OS(=O)(=O)O)C1O)OC(=O)CCCCCCCCCCCCCCCCCCCCCC. The second-order valence-corrected chi connectivity index (χ2v) is 22.4. The predicted octanol–water partition coefficient (Wildman–Crippen LogP) is 15.5. The molecule has 1 rings (SSSR count). The van der Waals surface area contributed by atoms with Gasteiger partial charge in [-0.2, -0.15) is 8.42 Å². The lowest BCUT2D eigenvalue weighted by atomic mass is 9.99. The second-order valence-electron chi connectivity index (χ2n) is 21.3. The van der Waals surface area contributed by atoms with Gasteiger partial charge < -0.3 is 34.3 Å². The lowest BCUT2D eigenvalue weighted by Gasteiger charge is -2.41. The molecule has 1 saturated heterocycles. The van der Waals surface area contributed by atoms with Crippen LogP contribution in [0.15, 0.2) is 24.3 Å². The Labute approximate surface area is 448 Å². The Balaban J connectivity index is 2.25. The molecular formula is C60H114O12S. The lowest BCUT2D eigenvalue weighted by Crippen LogP contribution is -2.60. The molecule has 6 atom stereocenters. The quantitative estimate of drug-likeness (QED) is 0.0196. The number of esters is 1. The first-order chi connectivity index (χ1) is 35.6. The van der Waals surface area contributed by atoms with E-state index in [1.54, 1.807) is 0 Å². The molecule has 1 aliphatic heterocycles. The lowest BCUT2D eigenvalue weighted by molar-refractivity contribution is -0.301. The highest BCUT2D eigenvalue weighted by Crippen LogP contribution is 2.26. The van der Waals surface area contributed by atoms with Gasteiger partial charge in [0.25, 0.3) is 0 Å². The number of carbonyl (C=O) groups is 1. The zero-order chi connectivity index (χ0) is 53.1. The van der Waals surface area contributed by atoms with Gasteiger partial charge in [0.15, 0.2) is 6.29 Å². The summed E-state index contributed by atoms with van der Waals surface area (Å²) < 4.78 is 59.5. The molecule has 13 heteroatoms. The second kappa shape index (κ2) is 51.3. The van der Waals surface area contributed by atoms with Gasteiger partial charge in [-0.1, -0.05) is 263 Å². The number of carbonyl (C=O) groups excluding carboxylic acids is 1. The first-order valence-corrected chi connectivity index (χ1v) is 32.0. The summed E-state index contributed by atoms with van der Waals surface area (Å²) >= 11 is 0. The molecular weight excluding hydrogens is 945 g/mol. The Morgan fingerprint density at radius 3 is 1.30 bits per heavy atom. The van der Waals surface area contributed by atoms with Crippen molar-refractivity contribution in [1.29, 1.82) is 0 Å². The molecule has 1 aliphatic rings. The maximum Gasteiger partial charge on any atom is 0.397 e. The minimum atomic E-state index is -5.07. The van der Waals surface area contributed by atoms with Gasteiger partial charge in [-0.3, -0.25) is 9.35 Å². The third-order valence-corrected chi connectivity index (χ3v) is 14.8. The van der Waals surface area contributed by atoms with Gasteiger partial charge in [0.05, 0.1) is 19.8 Å². The van der Waals surface area contributed by atoms with Gasteiger partial charge in [-0.05, 0) is 44.9 Å². The van der Waals surface area contributed by atoms with Crippen LogP contribution in [-0.2, 0) is 38.3 Å². The molecule has 432 valence electrons. The molecule has 0 saturated carbocycles. The molecule has 1 heterocycles. The number of rotatable bonds is 55. The number of allylic oxidation sites excluding steroid dienone is 4. The van der Waals surface area contributed by atoms with Crippen LogP contribution in [0.2, 0.25) is 0 Å². The van der Waals surface area contributed by atoms with Crippen molar-refractivity contribution < 1.29 is 56.2 Å². The van der Waals surface area contributed by atoms with Crippen molar-refractivity contribution in [2.24, 2.45) is 0 Å². The van der Waals surface area contributed by atoms with E-state index in [4.69, 9.17) is 18.9 Å². The van der Waals surface area contributed by atoms with E-state index in [1.165, 1.54) is 218 Å². The number of hydrogen-bond donors (Lipinski definition) is 4. The molecule has 0 spiro atoms. The van der Waals surface area contributed by atoms with Gasteiger partial charge in [0.2, 0.25) is 0 Å². The molecule has 1 fully saturated rings. The van der Waals surface area contributed by atoms with E-state index in [-0.39, 0.29) is 19.6 Å². The van der Waals surface area contributed by atoms with Crippen molar-refractivity contribution >= 4 is 16.4 Å². The third-order valence-electron chi connectivity index (χ3n) is 14.3. The predicted molar refractivity (Wildman–Crippen MR) is 299 cm³/mol. The number of unbranched alkanes of at least 4 members (excludes halogenated alkanes) is 38. The van der Waals surface area contributed by atoms with Crippen LogP contribution in [0, 0.1) is 0 Å². The van der Waals surface area contributed by atoms with Crippen molar-refractivity contribution in [1.82, 2.24) is 0 Å². The maximum atomic E-state index is 13.0. The average Bonchev–Trinajstić information content (AvgIpc) is 3.37. The first-order valence-electron chi connectivity index (χ1n) is 30.6. The summed E-state index contributed by atoms with van der Waals surface area (Å²) in [5, 5.41) is 30.9. The summed E-state index contributed by atoms with van der Waals surface area (Å²) in [6.45, 7) is 4.05. The zero-order valence-corrected chi connectivity index (χ0v) is 47.8. The molecule has 0 aromatic carbocycles. The fourth-order valence-electron chi connectivity index (χ4n) is 9.71. The minimum Gasteiger partial charge on any atom is -0.457 e. The van der Waals surface area contributed by atoms with Crippen LogP contribution in [0.1, 0.15) is 290 Å². The summed E-state index contributed by atoms with van der Waals surface area (Å²) in [4.78, 5) is 13.0. The van der Waals surface area contributed by atoms with E-state index in [0.717, 1.165) is 44.9 Å². The van der Waals surface area contributed by atoms with Gasteiger partial charge in [0.1, 0.15) is 30.5 Å². The molecule has 73 heavy (non-hydrogen) atoms. The number of hydrogen-bond acceptors (Lipinski definition) is 11. The standard InChI is InChI=1S/C60H114O12S/c1-3-5-7-9-11-13-15-17-19-21-23-25-26-27-28-29-30-32-34-36-38-40-42-44-46-48-50-68-52-54(53-69-60-58(64)59(72-73(65,66)67)57(63)55(51-61)71-60)70-56(62)49-47-45-43-41-39-37-35-33-31-24-22-20-18-16-14-12-10-8-6-4-2/h15,17,21,23,54-55,57-61,63-64H,3-14,16,18-20,22,24-53H2,1-2H3,(H,65,66,67)/b17-15-,23-21-. The summed E-state index contributed by atoms with van der Waals surface area (Å²) in [6.07, 6.45) is 53.6.